The highest BCUT2D eigenvalue weighted by molar-refractivity contribution is 6.37. The molecule has 0 spiro atoms. The summed E-state index contributed by atoms with van der Waals surface area (Å²) >= 11 is 18.1. The number of ether oxygens (including phenoxy) is 1. The summed E-state index contributed by atoms with van der Waals surface area (Å²) in [5.74, 6) is 0.222. The molecule has 104 valence electrons. The molecule has 0 amide bonds. The van der Waals surface area contributed by atoms with Crippen molar-refractivity contribution in [1.82, 2.24) is 0 Å². The van der Waals surface area contributed by atoms with Crippen molar-refractivity contribution in [1.29, 1.82) is 0 Å². The van der Waals surface area contributed by atoms with Gasteiger partial charge in [-0.05, 0) is 36.8 Å². The van der Waals surface area contributed by atoms with Crippen LogP contribution in [-0.4, -0.2) is 12.9 Å². The van der Waals surface area contributed by atoms with Gasteiger partial charge in [-0.3, -0.25) is 4.79 Å². The highest BCUT2D eigenvalue weighted by Crippen LogP contribution is 2.32. The summed E-state index contributed by atoms with van der Waals surface area (Å²) in [7, 11) is 1.49. The van der Waals surface area contributed by atoms with Gasteiger partial charge in [-0.2, -0.15) is 0 Å². The Morgan fingerprint density at radius 3 is 2.30 bits per heavy atom. The van der Waals surface area contributed by atoms with Crippen molar-refractivity contribution in [3.05, 3.63) is 62.1 Å². The van der Waals surface area contributed by atoms with E-state index in [0.29, 0.717) is 31.9 Å². The Labute approximate surface area is 132 Å². The molecule has 0 aliphatic rings. The van der Waals surface area contributed by atoms with E-state index in [-0.39, 0.29) is 5.78 Å². The number of ketones is 1. The van der Waals surface area contributed by atoms with Crippen LogP contribution in [0.5, 0.6) is 5.75 Å². The Morgan fingerprint density at radius 1 is 1.00 bits per heavy atom. The van der Waals surface area contributed by atoms with Crippen LogP contribution < -0.4 is 4.74 Å². The van der Waals surface area contributed by atoms with E-state index >= 15 is 0 Å². The second kappa shape index (κ2) is 6.04. The Morgan fingerprint density at radius 2 is 1.70 bits per heavy atom. The Balaban J connectivity index is 2.48. The Hall–Kier alpha value is -1.22. The van der Waals surface area contributed by atoms with Gasteiger partial charge in [0.1, 0.15) is 5.75 Å². The third-order valence-electron chi connectivity index (χ3n) is 2.91. The summed E-state index contributed by atoms with van der Waals surface area (Å²) in [6.07, 6.45) is 0. The molecule has 0 unspecified atom stereocenters. The van der Waals surface area contributed by atoms with Crippen molar-refractivity contribution in [3.8, 4) is 5.75 Å². The number of carbonyl (C=O) groups is 1. The second-order valence-corrected chi connectivity index (χ2v) is 5.48. The summed E-state index contributed by atoms with van der Waals surface area (Å²) in [4.78, 5) is 12.5. The fourth-order valence-corrected chi connectivity index (χ4v) is 2.40. The summed E-state index contributed by atoms with van der Waals surface area (Å²) in [6, 6.07) is 8.10. The summed E-state index contributed by atoms with van der Waals surface area (Å²) in [5, 5.41) is 1.25. The van der Waals surface area contributed by atoms with Crippen LogP contribution in [0.15, 0.2) is 30.3 Å². The molecule has 0 N–H and O–H groups in total. The second-order valence-electron chi connectivity index (χ2n) is 4.26. The molecule has 0 saturated carbocycles. The van der Waals surface area contributed by atoms with Gasteiger partial charge >= 0.3 is 0 Å². The predicted octanol–water partition coefficient (Wildman–Crippen LogP) is 5.19. The molecule has 0 atom stereocenters. The number of aryl methyl sites for hydroxylation is 1. The van der Waals surface area contributed by atoms with Crippen LogP contribution in [0, 0.1) is 6.92 Å². The number of benzene rings is 2. The zero-order valence-electron chi connectivity index (χ0n) is 10.8. The molecule has 2 nitrogen and oxygen atoms in total. The van der Waals surface area contributed by atoms with Gasteiger partial charge in [0.25, 0.3) is 0 Å². The molecule has 0 aliphatic carbocycles. The van der Waals surface area contributed by atoms with Crippen LogP contribution >= 0.6 is 34.8 Å². The average molecular weight is 330 g/mol. The van der Waals surface area contributed by atoms with E-state index in [1.165, 1.54) is 19.2 Å². The third-order valence-corrected chi connectivity index (χ3v) is 3.94. The number of halogens is 3. The van der Waals surface area contributed by atoms with Gasteiger partial charge in [-0.1, -0.05) is 34.8 Å². The number of hydrogen-bond donors (Lipinski definition) is 0. The molecular weight excluding hydrogens is 319 g/mol. The lowest BCUT2D eigenvalue weighted by molar-refractivity contribution is 0.103. The van der Waals surface area contributed by atoms with Crippen molar-refractivity contribution in [2.45, 2.75) is 6.92 Å². The fraction of sp³-hybridized carbons (Fsp3) is 0.133. The quantitative estimate of drug-likeness (QED) is 0.724. The minimum Gasteiger partial charge on any atom is -0.495 e. The Kier molecular flexibility index (Phi) is 4.59. The molecule has 0 bridgehead atoms. The van der Waals surface area contributed by atoms with E-state index in [4.69, 9.17) is 39.5 Å². The Bertz CT molecular complexity index is 681. The van der Waals surface area contributed by atoms with Gasteiger partial charge in [0, 0.05) is 22.2 Å². The molecule has 0 saturated heterocycles. The lowest BCUT2D eigenvalue weighted by atomic mass is 10.0. The zero-order valence-corrected chi connectivity index (χ0v) is 13.1. The lowest BCUT2D eigenvalue weighted by Gasteiger charge is -2.09. The van der Waals surface area contributed by atoms with Crippen LogP contribution in [0.25, 0.3) is 0 Å². The van der Waals surface area contributed by atoms with E-state index < -0.39 is 0 Å². The normalized spacial score (nSPS) is 10.4. The van der Waals surface area contributed by atoms with Gasteiger partial charge in [-0.15, -0.1) is 0 Å². The monoisotopic (exact) mass is 328 g/mol. The summed E-state index contributed by atoms with van der Waals surface area (Å²) in [6.45, 7) is 1.84. The molecular formula is C15H11Cl3O2. The van der Waals surface area contributed by atoms with Crippen molar-refractivity contribution < 1.29 is 9.53 Å². The zero-order chi connectivity index (χ0) is 14.9. The van der Waals surface area contributed by atoms with Crippen LogP contribution in [0.2, 0.25) is 15.1 Å². The third kappa shape index (κ3) is 2.93. The van der Waals surface area contributed by atoms with E-state index in [1.54, 1.807) is 18.2 Å². The van der Waals surface area contributed by atoms with Crippen molar-refractivity contribution in [3.63, 3.8) is 0 Å². The number of methoxy groups -OCH3 is 1. The van der Waals surface area contributed by atoms with E-state index in [9.17, 15) is 4.79 Å². The van der Waals surface area contributed by atoms with Crippen molar-refractivity contribution in [2.75, 3.05) is 7.11 Å². The van der Waals surface area contributed by atoms with Gasteiger partial charge < -0.3 is 4.74 Å². The predicted molar refractivity (Wildman–Crippen MR) is 82.6 cm³/mol. The highest BCUT2D eigenvalue weighted by atomic mass is 35.5. The van der Waals surface area contributed by atoms with Gasteiger partial charge in [0.15, 0.2) is 5.78 Å². The van der Waals surface area contributed by atoms with Gasteiger partial charge in [-0.25, -0.2) is 0 Å². The fourth-order valence-electron chi connectivity index (χ4n) is 1.80. The first-order valence-corrected chi connectivity index (χ1v) is 6.91. The SMILES string of the molecule is COc1cc(Cl)c(C(=O)c2ccc(Cl)c(C)c2)cc1Cl. The molecule has 0 aromatic heterocycles. The van der Waals surface area contributed by atoms with Crippen molar-refractivity contribution in [2.24, 2.45) is 0 Å². The van der Waals surface area contributed by atoms with Crippen molar-refractivity contribution >= 4 is 40.6 Å². The largest absolute Gasteiger partial charge is 0.495 e. The van der Waals surface area contributed by atoms with Crippen LogP contribution in [0.4, 0.5) is 0 Å². The average Bonchev–Trinajstić information content (AvgIpc) is 2.43. The molecule has 2 rings (SSSR count). The maximum Gasteiger partial charge on any atom is 0.194 e. The van der Waals surface area contributed by atoms with Crippen LogP contribution in [-0.2, 0) is 0 Å². The molecule has 2 aromatic rings. The van der Waals surface area contributed by atoms with Gasteiger partial charge in [0.05, 0.1) is 17.2 Å². The topological polar surface area (TPSA) is 26.3 Å². The number of carbonyl (C=O) groups excluding carboxylic acids is 1. The van der Waals surface area contributed by atoms with Gasteiger partial charge in [0.2, 0.25) is 0 Å². The van der Waals surface area contributed by atoms with Crippen LogP contribution in [0.1, 0.15) is 21.5 Å². The highest BCUT2D eigenvalue weighted by Gasteiger charge is 2.16. The number of hydrogen-bond acceptors (Lipinski definition) is 2. The van der Waals surface area contributed by atoms with E-state index in [1.807, 2.05) is 6.92 Å². The molecule has 5 heteroatoms. The maximum absolute atomic E-state index is 12.5. The molecule has 0 heterocycles. The standard InChI is InChI=1S/C15H11Cl3O2/c1-8-5-9(3-4-11(8)16)15(19)10-6-13(18)14(20-2)7-12(10)17/h3-7H,1-2H3. The molecule has 20 heavy (non-hydrogen) atoms. The van der Waals surface area contributed by atoms with E-state index in [0.717, 1.165) is 5.56 Å². The first-order valence-electron chi connectivity index (χ1n) is 5.78. The molecule has 2 aromatic carbocycles. The number of rotatable bonds is 3. The van der Waals surface area contributed by atoms with Crippen LogP contribution in [0.3, 0.4) is 0 Å². The molecule has 0 radical (unpaired) electrons. The lowest BCUT2D eigenvalue weighted by Crippen LogP contribution is -2.03. The maximum atomic E-state index is 12.5. The smallest absolute Gasteiger partial charge is 0.194 e. The minimum atomic E-state index is -0.209. The molecule has 0 fully saturated rings. The summed E-state index contributed by atoms with van der Waals surface area (Å²) < 4.78 is 5.06. The minimum absolute atomic E-state index is 0.209. The molecule has 0 aliphatic heterocycles. The van der Waals surface area contributed by atoms with E-state index in [2.05, 4.69) is 0 Å². The first kappa shape index (κ1) is 15.2. The summed E-state index contributed by atoms with van der Waals surface area (Å²) in [5.41, 5.74) is 1.67. The first-order chi connectivity index (χ1) is 9.43.